The van der Waals surface area contributed by atoms with Crippen molar-refractivity contribution >= 4 is 17.6 Å². The number of anilines is 1. The molecular weight excluding hydrogens is 334 g/mol. The zero-order valence-corrected chi connectivity index (χ0v) is 15.3. The fourth-order valence-corrected chi connectivity index (χ4v) is 2.31. The number of benzene rings is 2. The smallest absolute Gasteiger partial charge is 0.335 e. The molecule has 0 aliphatic rings. The molecule has 0 aliphatic carbocycles. The van der Waals surface area contributed by atoms with Gasteiger partial charge in [-0.05, 0) is 63.1 Å². The third-order valence-corrected chi connectivity index (χ3v) is 3.57. The number of carbonyl (C=O) groups is 2. The van der Waals surface area contributed by atoms with Gasteiger partial charge in [0.05, 0.1) is 17.4 Å². The molecule has 0 saturated carbocycles. The maximum Gasteiger partial charge on any atom is 0.335 e. The van der Waals surface area contributed by atoms with Crippen LogP contribution in [0.5, 0.6) is 11.5 Å². The lowest BCUT2D eigenvalue weighted by Gasteiger charge is -2.16. The summed E-state index contributed by atoms with van der Waals surface area (Å²) in [5, 5.41) is 11.8. The van der Waals surface area contributed by atoms with Gasteiger partial charge in [-0.15, -0.1) is 0 Å². The maximum atomic E-state index is 12.3. The van der Waals surface area contributed by atoms with Crippen LogP contribution in [0.1, 0.15) is 35.3 Å². The predicted molar refractivity (Wildman–Crippen MR) is 99.2 cm³/mol. The summed E-state index contributed by atoms with van der Waals surface area (Å²) in [6.45, 7) is 7.35. The topological polar surface area (TPSA) is 84.9 Å². The van der Waals surface area contributed by atoms with Crippen molar-refractivity contribution in [2.24, 2.45) is 0 Å². The molecule has 0 aromatic heterocycles. The quantitative estimate of drug-likeness (QED) is 0.787. The Bertz CT molecular complexity index is 814. The van der Waals surface area contributed by atoms with Crippen LogP contribution in [0.15, 0.2) is 36.4 Å². The van der Waals surface area contributed by atoms with Gasteiger partial charge in [-0.1, -0.05) is 12.1 Å². The Morgan fingerprint density at radius 1 is 1.08 bits per heavy atom. The van der Waals surface area contributed by atoms with Crippen molar-refractivity contribution in [1.82, 2.24) is 0 Å². The number of aryl methyl sites for hydroxylation is 2. The highest BCUT2D eigenvalue weighted by atomic mass is 16.5. The Morgan fingerprint density at radius 3 is 2.46 bits per heavy atom. The molecule has 0 fully saturated rings. The largest absolute Gasteiger partial charge is 0.489 e. The minimum absolute atomic E-state index is 0.0619. The highest BCUT2D eigenvalue weighted by Crippen LogP contribution is 2.27. The molecule has 2 aromatic rings. The fourth-order valence-electron chi connectivity index (χ4n) is 2.31. The lowest BCUT2D eigenvalue weighted by molar-refractivity contribution is -0.118. The number of rotatable bonds is 7. The van der Waals surface area contributed by atoms with Crippen LogP contribution in [-0.2, 0) is 4.79 Å². The zero-order valence-electron chi connectivity index (χ0n) is 15.3. The van der Waals surface area contributed by atoms with E-state index in [9.17, 15) is 9.59 Å². The van der Waals surface area contributed by atoms with Gasteiger partial charge < -0.3 is 19.9 Å². The third-order valence-electron chi connectivity index (χ3n) is 3.57. The highest BCUT2D eigenvalue weighted by Gasteiger charge is 2.14. The number of carboxylic acid groups (broad SMARTS) is 1. The Morgan fingerprint density at radius 2 is 1.81 bits per heavy atom. The summed E-state index contributed by atoms with van der Waals surface area (Å²) >= 11 is 0. The van der Waals surface area contributed by atoms with Gasteiger partial charge in [0.25, 0.3) is 5.91 Å². The number of aromatic carboxylic acids is 1. The van der Waals surface area contributed by atoms with Crippen LogP contribution < -0.4 is 14.8 Å². The van der Waals surface area contributed by atoms with E-state index in [0.717, 1.165) is 11.1 Å². The van der Waals surface area contributed by atoms with Gasteiger partial charge in [0.1, 0.15) is 11.5 Å². The number of carboxylic acids is 1. The number of carbonyl (C=O) groups excluding carboxylic acids is 1. The number of amides is 1. The van der Waals surface area contributed by atoms with Crippen molar-refractivity contribution in [3.8, 4) is 11.5 Å². The summed E-state index contributed by atoms with van der Waals surface area (Å²) in [6, 6.07) is 10.1. The molecule has 138 valence electrons. The molecule has 0 atom stereocenters. The molecule has 2 aromatic carbocycles. The van der Waals surface area contributed by atoms with Crippen LogP contribution in [-0.4, -0.2) is 29.7 Å². The van der Waals surface area contributed by atoms with Gasteiger partial charge in [-0.25, -0.2) is 4.79 Å². The summed E-state index contributed by atoms with van der Waals surface area (Å²) < 4.78 is 11.2. The minimum Gasteiger partial charge on any atom is -0.489 e. The fraction of sp³-hybridized carbons (Fsp3) is 0.300. The van der Waals surface area contributed by atoms with E-state index in [1.165, 1.54) is 18.2 Å². The molecule has 0 aliphatic heterocycles. The number of hydrogen-bond donors (Lipinski definition) is 2. The number of nitrogens with one attached hydrogen (secondary N) is 1. The summed E-state index contributed by atoms with van der Waals surface area (Å²) in [4.78, 5) is 23.4. The standard InChI is InChI=1S/C20H23NO5/c1-12(2)26-17-8-7-15(20(23)24)10-16(17)21-19(22)11-25-18-9-13(3)5-6-14(18)4/h5-10,12H,11H2,1-4H3,(H,21,22)(H,23,24). The van der Waals surface area contributed by atoms with Crippen LogP contribution in [0, 0.1) is 13.8 Å². The van der Waals surface area contributed by atoms with E-state index in [4.69, 9.17) is 14.6 Å². The molecule has 6 nitrogen and oxygen atoms in total. The molecule has 26 heavy (non-hydrogen) atoms. The average Bonchev–Trinajstić information content (AvgIpc) is 2.56. The van der Waals surface area contributed by atoms with Gasteiger partial charge in [0.15, 0.2) is 6.61 Å². The number of hydrogen-bond acceptors (Lipinski definition) is 4. The summed E-state index contributed by atoms with van der Waals surface area (Å²) in [7, 11) is 0. The Kier molecular flexibility index (Phi) is 6.22. The van der Waals surface area contributed by atoms with Gasteiger partial charge in [-0.3, -0.25) is 4.79 Å². The molecule has 2 rings (SSSR count). The molecule has 0 bridgehead atoms. The van der Waals surface area contributed by atoms with E-state index in [0.29, 0.717) is 17.2 Å². The first-order chi connectivity index (χ1) is 12.3. The van der Waals surface area contributed by atoms with Gasteiger partial charge in [0.2, 0.25) is 0 Å². The van der Waals surface area contributed by atoms with Crippen LogP contribution in [0.4, 0.5) is 5.69 Å². The predicted octanol–water partition coefficient (Wildman–Crippen LogP) is 3.81. The Hall–Kier alpha value is -3.02. The first kappa shape index (κ1) is 19.3. The van der Waals surface area contributed by atoms with Gasteiger partial charge >= 0.3 is 5.97 Å². The van der Waals surface area contributed by atoms with Crippen molar-refractivity contribution in [2.45, 2.75) is 33.8 Å². The van der Waals surface area contributed by atoms with E-state index in [1.54, 1.807) is 0 Å². The molecule has 0 spiro atoms. The number of ether oxygens (including phenoxy) is 2. The lowest BCUT2D eigenvalue weighted by Crippen LogP contribution is -2.21. The van der Waals surface area contributed by atoms with Crippen molar-refractivity contribution in [3.05, 3.63) is 53.1 Å². The molecule has 0 unspecified atom stereocenters. The molecule has 1 amide bonds. The normalized spacial score (nSPS) is 10.5. The lowest BCUT2D eigenvalue weighted by atomic mass is 10.1. The monoisotopic (exact) mass is 357 g/mol. The van der Waals surface area contributed by atoms with Crippen molar-refractivity contribution in [3.63, 3.8) is 0 Å². The first-order valence-corrected chi connectivity index (χ1v) is 8.30. The van der Waals surface area contributed by atoms with Gasteiger partial charge in [-0.2, -0.15) is 0 Å². The van der Waals surface area contributed by atoms with Crippen molar-refractivity contribution < 1.29 is 24.2 Å². The summed E-state index contributed by atoms with van der Waals surface area (Å²) in [5.74, 6) is -0.437. The van der Waals surface area contributed by atoms with E-state index in [1.807, 2.05) is 45.9 Å². The van der Waals surface area contributed by atoms with Crippen molar-refractivity contribution in [1.29, 1.82) is 0 Å². The average molecular weight is 357 g/mol. The Labute approximate surface area is 152 Å². The highest BCUT2D eigenvalue weighted by molar-refractivity contribution is 5.96. The molecule has 6 heteroatoms. The Balaban J connectivity index is 2.12. The molecule has 0 saturated heterocycles. The molecule has 0 heterocycles. The van der Waals surface area contributed by atoms with E-state index in [-0.39, 0.29) is 18.3 Å². The second kappa shape index (κ2) is 8.38. The maximum absolute atomic E-state index is 12.3. The van der Waals surface area contributed by atoms with Crippen LogP contribution in [0.2, 0.25) is 0 Å². The third kappa shape index (κ3) is 5.24. The molecule has 2 N–H and O–H groups in total. The van der Waals surface area contributed by atoms with E-state index < -0.39 is 11.9 Å². The molecule has 0 radical (unpaired) electrons. The van der Waals surface area contributed by atoms with E-state index >= 15 is 0 Å². The second-order valence-electron chi connectivity index (χ2n) is 6.29. The summed E-state index contributed by atoms with van der Waals surface area (Å²) in [6.07, 6.45) is -0.118. The van der Waals surface area contributed by atoms with Gasteiger partial charge in [0, 0.05) is 0 Å². The minimum atomic E-state index is -1.08. The first-order valence-electron chi connectivity index (χ1n) is 8.30. The van der Waals surface area contributed by atoms with Crippen LogP contribution >= 0.6 is 0 Å². The zero-order chi connectivity index (χ0) is 19.3. The van der Waals surface area contributed by atoms with Crippen LogP contribution in [0.25, 0.3) is 0 Å². The SMILES string of the molecule is Cc1ccc(C)c(OCC(=O)Nc2cc(C(=O)O)ccc2OC(C)C)c1. The summed E-state index contributed by atoms with van der Waals surface area (Å²) in [5.41, 5.74) is 2.33. The van der Waals surface area contributed by atoms with Crippen LogP contribution in [0.3, 0.4) is 0 Å². The van der Waals surface area contributed by atoms with E-state index in [2.05, 4.69) is 5.32 Å². The second-order valence-corrected chi connectivity index (χ2v) is 6.29. The van der Waals surface area contributed by atoms with Crippen molar-refractivity contribution in [2.75, 3.05) is 11.9 Å². The molecular formula is C20H23NO5.